The normalized spacial score (nSPS) is 26.2. The molecule has 1 aliphatic rings. The van der Waals surface area contributed by atoms with Crippen molar-refractivity contribution in [3.63, 3.8) is 0 Å². The lowest BCUT2D eigenvalue weighted by molar-refractivity contribution is 0.213. The monoisotopic (exact) mass is 277 g/mol. The van der Waals surface area contributed by atoms with E-state index in [0.717, 1.165) is 12.5 Å². The van der Waals surface area contributed by atoms with E-state index in [9.17, 15) is 0 Å². The van der Waals surface area contributed by atoms with E-state index in [-0.39, 0.29) is 0 Å². The third-order valence-electron chi connectivity index (χ3n) is 4.76. The third-order valence-corrected chi connectivity index (χ3v) is 4.76. The van der Waals surface area contributed by atoms with E-state index < -0.39 is 0 Å². The highest BCUT2D eigenvalue weighted by Gasteiger charge is 2.28. The van der Waals surface area contributed by atoms with E-state index in [1.165, 1.54) is 32.1 Å². The van der Waals surface area contributed by atoms with Crippen molar-refractivity contribution in [1.82, 2.24) is 14.9 Å². The zero-order chi connectivity index (χ0) is 14.6. The standard InChI is InChI=1S/C17H31N3/c1-14(12-20-11-10-18-13-20)19-16-7-5-6-15(8-9-16)17(2,3)4/h10-11,13-16,19H,5-9,12H2,1-4H3. The lowest BCUT2D eigenvalue weighted by atomic mass is 9.76. The first-order valence-corrected chi connectivity index (χ1v) is 8.17. The molecule has 1 aromatic rings. The highest BCUT2D eigenvalue weighted by atomic mass is 15.1. The van der Waals surface area contributed by atoms with Gasteiger partial charge in [0, 0.05) is 31.0 Å². The summed E-state index contributed by atoms with van der Waals surface area (Å²) in [7, 11) is 0. The number of hydrogen-bond acceptors (Lipinski definition) is 2. The molecule has 1 aromatic heterocycles. The Morgan fingerprint density at radius 3 is 2.70 bits per heavy atom. The zero-order valence-electron chi connectivity index (χ0n) is 13.6. The number of nitrogens with zero attached hydrogens (tertiary/aromatic N) is 2. The Labute approximate surface area is 124 Å². The van der Waals surface area contributed by atoms with Gasteiger partial charge in [0.2, 0.25) is 0 Å². The molecule has 114 valence electrons. The van der Waals surface area contributed by atoms with Gasteiger partial charge in [-0.3, -0.25) is 0 Å². The molecule has 0 spiro atoms. The van der Waals surface area contributed by atoms with Gasteiger partial charge in [0.25, 0.3) is 0 Å². The maximum absolute atomic E-state index is 4.11. The molecule has 1 heterocycles. The van der Waals surface area contributed by atoms with Crippen molar-refractivity contribution in [2.75, 3.05) is 0 Å². The van der Waals surface area contributed by atoms with Crippen LogP contribution < -0.4 is 5.32 Å². The minimum Gasteiger partial charge on any atom is -0.336 e. The van der Waals surface area contributed by atoms with E-state index in [1.807, 2.05) is 18.7 Å². The van der Waals surface area contributed by atoms with Crippen LogP contribution in [0.1, 0.15) is 59.8 Å². The first-order valence-electron chi connectivity index (χ1n) is 8.17. The Hall–Kier alpha value is -0.830. The molecule has 1 N–H and O–H groups in total. The first kappa shape index (κ1) is 15.6. The van der Waals surface area contributed by atoms with Crippen LogP contribution in [0.25, 0.3) is 0 Å². The van der Waals surface area contributed by atoms with Crippen LogP contribution in [0.15, 0.2) is 18.7 Å². The second-order valence-electron chi connectivity index (χ2n) is 7.60. The molecule has 20 heavy (non-hydrogen) atoms. The summed E-state index contributed by atoms with van der Waals surface area (Å²) in [6, 6.07) is 1.21. The zero-order valence-corrected chi connectivity index (χ0v) is 13.6. The summed E-state index contributed by atoms with van der Waals surface area (Å²) < 4.78 is 2.16. The molecule has 1 aliphatic carbocycles. The average molecular weight is 277 g/mol. The molecule has 1 fully saturated rings. The van der Waals surface area contributed by atoms with Gasteiger partial charge in [-0.25, -0.2) is 4.98 Å². The van der Waals surface area contributed by atoms with Gasteiger partial charge in [-0.05, 0) is 43.9 Å². The maximum Gasteiger partial charge on any atom is 0.0946 e. The minimum atomic E-state index is 0.470. The van der Waals surface area contributed by atoms with E-state index in [0.29, 0.717) is 17.5 Å². The molecule has 3 unspecified atom stereocenters. The van der Waals surface area contributed by atoms with Crippen LogP contribution in [-0.4, -0.2) is 21.6 Å². The largest absolute Gasteiger partial charge is 0.336 e. The van der Waals surface area contributed by atoms with Crippen molar-refractivity contribution in [2.24, 2.45) is 11.3 Å². The summed E-state index contributed by atoms with van der Waals surface area (Å²) >= 11 is 0. The molecule has 0 radical (unpaired) electrons. The highest BCUT2D eigenvalue weighted by molar-refractivity contribution is 4.83. The summed E-state index contributed by atoms with van der Waals surface area (Å²) in [6.45, 7) is 10.5. The van der Waals surface area contributed by atoms with Gasteiger partial charge in [-0.15, -0.1) is 0 Å². The summed E-state index contributed by atoms with van der Waals surface area (Å²) in [5, 5.41) is 3.82. The number of rotatable bonds is 4. The van der Waals surface area contributed by atoms with Crippen molar-refractivity contribution >= 4 is 0 Å². The molecular weight excluding hydrogens is 246 g/mol. The minimum absolute atomic E-state index is 0.470. The number of nitrogens with one attached hydrogen (secondary N) is 1. The van der Waals surface area contributed by atoms with Crippen molar-refractivity contribution < 1.29 is 0 Å². The Balaban J connectivity index is 1.79. The van der Waals surface area contributed by atoms with Gasteiger partial charge < -0.3 is 9.88 Å². The van der Waals surface area contributed by atoms with Gasteiger partial charge in [0.1, 0.15) is 0 Å². The topological polar surface area (TPSA) is 29.9 Å². The molecule has 0 amide bonds. The van der Waals surface area contributed by atoms with E-state index in [1.54, 1.807) is 0 Å². The molecule has 0 aliphatic heterocycles. The second kappa shape index (κ2) is 6.75. The number of imidazole rings is 1. The van der Waals surface area contributed by atoms with Crippen LogP contribution in [0.5, 0.6) is 0 Å². The summed E-state index contributed by atoms with van der Waals surface area (Å²) in [5.41, 5.74) is 0.470. The molecule has 2 rings (SSSR count). The molecule has 3 heteroatoms. The van der Waals surface area contributed by atoms with Crippen molar-refractivity contribution in [2.45, 2.75) is 78.4 Å². The van der Waals surface area contributed by atoms with Crippen LogP contribution in [0.4, 0.5) is 0 Å². The molecular formula is C17H31N3. The Morgan fingerprint density at radius 1 is 1.25 bits per heavy atom. The summed E-state index contributed by atoms with van der Waals surface area (Å²) in [5.74, 6) is 0.887. The Bertz CT molecular complexity index is 377. The average Bonchev–Trinajstić information content (AvgIpc) is 2.72. The predicted octanol–water partition coefficient (Wildman–Crippen LogP) is 3.86. The molecule has 0 aromatic carbocycles. The number of hydrogen-bond donors (Lipinski definition) is 1. The van der Waals surface area contributed by atoms with Gasteiger partial charge in [0.15, 0.2) is 0 Å². The molecule has 3 atom stereocenters. The van der Waals surface area contributed by atoms with Gasteiger partial charge >= 0.3 is 0 Å². The highest BCUT2D eigenvalue weighted by Crippen LogP contribution is 2.36. The van der Waals surface area contributed by atoms with Crippen LogP contribution in [0.3, 0.4) is 0 Å². The quantitative estimate of drug-likeness (QED) is 0.847. The molecule has 0 saturated heterocycles. The summed E-state index contributed by atoms with van der Waals surface area (Å²) in [4.78, 5) is 4.11. The SMILES string of the molecule is CC(Cn1ccnc1)NC1CCCC(C(C)(C)C)CC1. The lowest BCUT2D eigenvalue weighted by Crippen LogP contribution is -2.38. The molecule has 0 bridgehead atoms. The Kier molecular flexibility index (Phi) is 5.25. The van der Waals surface area contributed by atoms with Gasteiger partial charge in [-0.2, -0.15) is 0 Å². The van der Waals surface area contributed by atoms with E-state index >= 15 is 0 Å². The first-order chi connectivity index (χ1) is 9.45. The van der Waals surface area contributed by atoms with Crippen LogP contribution in [-0.2, 0) is 6.54 Å². The summed E-state index contributed by atoms with van der Waals surface area (Å²) in [6.07, 6.45) is 12.6. The van der Waals surface area contributed by atoms with Crippen molar-refractivity contribution in [3.05, 3.63) is 18.7 Å². The van der Waals surface area contributed by atoms with Crippen molar-refractivity contribution in [1.29, 1.82) is 0 Å². The smallest absolute Gasteiger partial charge is 0.0946 e. The maximum atomic E-state index is 4.11. The van der Waals surface area contributed by atoms with Crippen LogP contribution >= 0.6 is 0 Å². The molecule has 1 saturated carbocycles. The number of aromatic nitrogens is 2. The van der Waals surface area contributed by atoms with Crippen LogP contribution in [0.2, 0.25) is 0 Å². The lowest BCUT2D eigenvalue weighted by Gasteiger charge is -2.30. The second-order valence-corrected chi connectivity index (χ2v) is 7.60. The van der Waals surface area contributed by atoms with E-state index in [2.05, 4.69) is 42.6 Å². The van der Waals surface area contributed by atoms with E-state index in [4.69, 9.17) is 0 Å². The van der Waals surface area contributed by atoms with Gasteiger partial charge in [-0.1, -0.05) is 27.2 Å². The predicted molar refractivity (Wildman–Crippen MR) is 84.6 cm³/mol. The van der Waals surface area contributed by atoms with Crippen molar-refractivity contribution in [3.8, 4) is 0 Å². The fourth-order valence-corrected chi connectivity index (χ4v) is 3.50. The third kappa shape index (κ3) is 4.62. The van der Waals surface area contributed by atoms with Crippen LogP contribution in [0, 0.1) is 11.3 Å². The van der Waals surface area contributed by atoms with Gasteiger partial charge in [0.05, 0.1) is 6.33 Å². The fraction of sp³-hybridized carbons (Fsp3) is 0.824. The fourth-order valence-electron chi connectivity index (χ4n) is 3.50. The molecule has 3 nitrogen and oxygen atoms in total. The Morgan fingerprint density at radius 2 is 2.05 bits per heavy atom.